The van der Waals surface area contributed by atoms with Crippen LogP contribution in [0, 0.1) is 0 Å². The molecule has 0 aromatic carbocycles. The standard InChI is InChI=1S/C11H16N2O4S/c1-4-9(11(14)17-2)5-6-13-8-10(7-12-13)18(3,15)16/h5,7-8H,4,6H2,1-3H3/b9-5+. The third-order valence-corrected chi connectivity index (χ3v) is 3.46. The van der Waals surface area contributed by atoms with E-state index >= 15 is 0 Å². The Morgan fingerprint density at radius 1 is 1.56 bits per heavy atom. The van der Waals surface area contributed by atoms with Crippen molar-refractivity contribution in [2.45, 2.75) is 24.8 Å². The molecular formula is C11H16N2O4S. The van der Waals surface area contributed by atoms with Crippen molar-refractivity contribution in [3.05, 3.63) is 24.0 Å². The largest absolute Gasteiger partial charge is 0.466 e. The highest BCUT2D eigenvalue weighted by molar-refractivity contribution is 7.90. The summed E-state index contributed by atoms with van der Waals surface area (Å²) in [5.74, 6) is -0.381. The van der Waals surface area contributed by atoms with E-state index < -0.39 is 9.84 Å². The van der Waals surface area contributed by atoms with Gasteiger partial charge in [0, 0.05) is 18.0 Å². The smallest absolute Gasteiger partial charge is 0.333 e. The van der Waals surface area contributed by atoms with Crippen molar-refractivity contribution in [2.75, 3.05) is 13.4 Å². The molecule has 0 aliphatic heterocycles. The molecule has 0 fully saturated rings. The molecule has 1 aromatic rings. The summed E-state index contributed by atoms with van der Waals surface area (Å²) in [4.78, 5) is 11.5. The van der Waals surface area contributed by atoms with Gasteiger partial charge in [-0.25, -0.2) is 13.2 Å². The molecule has 0 amide bonds. The molecule has 0 saturated heterocycles. The highest BCUT2D eigenvalue weighted by atomic mass is 32.2. The fraction of sp³-hybridized carbons (Fsp3) is 0.455. The van der Waals surface area contributed by atoms with Gasteiger partial charge < -0.3 is 4.74 Å². The van der Waals surface area contributed by atoms with Gasteiger partial charge in [0.2, 0.25) is 0 Å². The summed E-state index contributed by atoms with van der Waals surface area (Å²) in [6.07, 6.45) is 6.05. The van der Waals surface area contributed by atoms with Crippen molar-refractivity contribution >= 4 is 15.8 Å². The van der Waals surface area contributed by atoms with Gasteiger partial charge in [-0.2, -0.15) is 5.10 Å². The van der Waals surface area contributed by atoms with Gasteiger partial charge in [0.05, 0.1) is 19.9 Å². The lowest BCUT2D eigenvalue weighted by atomic mass is 10.2. The van der Waals surface area contributed by atoms with Crippen LogP contribution in [-0.4, -0.2) is 37.5 Å². The molecule has 1 aromatic heterocycles. The van der Waals surface area contributed by atoms with Gasteiger partial charge in [-0.05, 0) is 6.42 Å². The van der Waals surface area contributed by atoms with Crippen molar-refractivity contribution in [3.8, 4) is 0 Å². The van der Waals surface area contributed by atoms with Crippen molar-refractivity contribution in [3.63, 3.8) is 0 Å². The number of hydrogen-bond acceptors (Lipinski definition) is 5. The number of nitrogens with zero attached hydrogens (tertiary/aromatic N) is 2. The molecule has 100 valence electrons. The molecule has 0 atom stereocenters. The zero-order chi connectivity index (χ0) is 13.8. The lowest BCUT2D eigenvalue weighted by Crippen LogP contribution is -2.06. The van der Waals surface area contributed by atoms with Crippen molar-refractivity contribution in [1.29, 1.82) is 0 Å². The molecular weight excluding hydrogens is 256 g/mol. The van der Waals surface area contributed by atoms with Gasteiger partial charge in [0.25, 0.3) is 0 Å². The Morgan fingerprint density at radius 3 is 2.67 bits per heavy atom. The minimum Gasteiger partial charge on any atom is -0.466 e. The zero-order valence-corrected chi connectivity index (χ0v) is 11.4. The molecule has 0 spiro atoms. The molecule has 0 saturated carbocycles. The van der Waals surface area contributed by atoms with Crippen molar-refractivity contribution in [1.82, 2.24) is 9.78 Å². The minimum atomic E-state index is -3.24. The number of aromatic nitrogens is 2. The van der Waals surface area contributed by atoms with Gasteiger partial charge in [-0.3, -0.25) is 4.68 Å². The average molecular weight is 272 g/mol. The molecule has 6 nitrogen and oxygen atoms in total. The van der Waals surface area contributed by atoms with Crippen LogP contribution in [0.25, 0.3) is 0 Å². The lowest BCUT2D eigenvalue weighted by molar-refractivity contribution is -0.136. The Labute approximate surface area is 106 Å². The molecule has 18 heavy (non-hydrogen) atoms. The van der Waals surface area contributed by atoms with E-state index in [9.17, 15) is 13.2 Å². The molecule has 0 radical (unpaired) electrons. The number of ether oxygens (including phenoxy) is 1. The normalized spacial score (nSPS) is 12.5. The highest BCUT2D eigenvalue weighted by Gasteiger charge is 2.10. The van der Waals surface area contributed by atoms with Crippen LogP contribution in [0.1, 0.15) is 13.3 Å². The Balaban J connectivity index is 2.83. The fourth-order valence-electron chi connectivity index (χ4n) is 1.34. The Morgan fingerprint density at radius 2 is 2.22 bits per heavy atom. The summed E-state index contributed by atoms with van der Waals surface area (Å²) in [7, 11) is -1.92. The fourth-order valence-corrected chi connectivity index (χ4v) is 1.89. The summed E-state index contributed by atoms with van der Waals surface area (Å²) in [6, 6.07) is 0. The second-order valence-corrected chi connectivity index (χ2v) is 5.76. The van der Waals surface area contributed by atoms with Gasteiger partial charge in [-0.1, -0.05) is 13.0 Å². The molecule has 1 heterocycles. The molecule has 0 aliphatic carbocycles. The monoisotopic (exact) mass is 272 g/mol. The van der Waals surface area contributed by atoms with Crippen LogP contribution < -0.4 is 0 Å². The quantitative estimate of drug-likeness (QED) is 0.585. The number of sulfone groups is 1. The third kappa shape index (κ3) is 3.69. The van der Waals surface area contributed by atoms with Crippen LogP contribution >= 0.6 is 0 Å². The number of carbonyl (C=O) groups is 1. The van der Waals surface area contributed by atoms with Crippen LogP contribution in [0.15, 0.2) is 28.9 Å². The number of esters is 1. The maximum Gasteiger partial charge on any atom is 0.333 e. The average Bonchev–Trinajstić information content (AvgIpc) is 2.78. The Hall–Kier alpha value is -1.63. The van der Waals surface area contributed by atoms with E-state index in [1.54, 1.807) is 6.08 Å². The van der Waals surface area contributed by atoms with E-state index in [0.29, 0.717) is 18.5 Å². The van der Waals surface area contributed by atoms with E-state index in [1.807, 2.05) is 6.92 Å². The topological polar surface area (TPSA) is 78.3 Å². The Bertz CT molecular complexity index is 557. The first-order valence-electron chi connectivity index (χ1n) is 5.38. The van der Waals surface area contributed by atoms with Crippen molar-refractivity contribution < 1.29 is 17.9 Å². The van der Waals surface area contributed by atoms with Gasteiger partial charge in [-0.15, -0.1) is 0 Å². The zero-order valence-electron chi connectivity index (χ0n) is 10.6. The predicted molar refractivity (Wildman–Crippen MR) is 65.7 cm³/mol. The second kappa shape index (κ2) is 5.81. The van der Waals surface area contributed by atoms with Crippen LogP contribution in [0.3, 0.4) is 0 Å². The minimum absolute atomic E-state index is 0.159. The molecule has 0 aliphatic rings. The third-order valence-electron chi connectivity index (χ3n) is 2.39. The molecule has 1 rings (SSSR count). The van der Waals surface area contributed by atoms with Crippen LogP contribution in [0.4, 0.5) is 0 Å². The van der Waals surface area contributed by atoms with Crippen LogP contribution in [0.2, 0.25) is 0 Å². The van der Waals surface area contributed by atoms with Gasteiger partial charge in [0.15, 0.2) is 9.84 Å². The van der Waals surface area contributed by atoms with Crippen molar-refractivity contribution in [2.24, 2.45) is 0 Å². The Kier molecular flexibility index (Phi) is 4.66. The SMILES string of the molecule is CC/C(=C\Cn1cc(S(C)(=O)=O)cn1)C(=O)OC. The van der Waals surface area contributed by atoms with E-state index in [2.05, 4.69) is 9.84 Å². The predicted octanol–water partition coefficient (Wildman–Crippen LogP) is 0.796. The number of carbonyl (C=O) groups excluding carboxylic acids is 1. The maximum absolute atomic E-state index is 11.3. The summed E-state index contributed by atoms with van der Waals surface area (Å²) in [6.45, 7) is 2.17. The molecule has 0 unspecified atom stereocenters. The summed E-state index contributed by atoms with van der Waals surface area (Å²) in [5.41, 5.74) is 0.536. The van der Waals surface area contributed by atoms with E-state index in [-0.39, 0.29) is 10.9 Å². The lowest BCUT2D eigenvalue weighted by Gasteiger charge is -2.02. The van der Waals surface area contributed by atoms with Gasteiger partial charge in [0.1, 0.15) is 4.90 Å². The summed E-state index contributed by atoms with van der Waals surface area (Å²) < 4.78 is 28.6. The number of rotatable bonds is 5. The first kappa shape index (κ1) is 14.4. The van der Waals surface area contributed by atoms with E-state index in [4.69, 9.17) is 0 Å². The van der Waals surface area contributed by atoms with E-state index in [1.165, 1.54) is 24.2 Å². The molecule has 0 N–H and O–H groups in total. The first-order chi connectivity index (χ1) is 8.38. The van der Waals surface area contributed by atoms with E-state index in [0.717, 1.165) is 6.26 Å². The highest BCUT2D eigenvalue weighted by Crippen LogP contribution is 2.08. The number of methoxy groups -OCH3 is 1. The number of hydrogen-bond donors (Lipinski definition) is 0. The number of allylic oxidation sites excluding steroid dienone is 1. The summed E-state index contributed by atoms with van der Waals surface area (Å²) in [5, 5.41) is 3.91. The summed E-state index contributed by atoms with van der Waals surface area (Å²) >= 11 is 0. The second-order valence-electron chi connectivity index (χ2n) is 3.74. The van der Waals surface area contributed by atoms with Crippen LogP contribution in [0.5, 0.6) is 0 Å². The first-order valence-corrected chi connectivity index (χ1v) is 7.27. The maximum atomic E-state index is 11.3. The van der Waals surface area contributed by atoms with Crippen LogP contribution in [-0.2, 0) is 25.9 Å². The molecule has 7 heteroatoms. The van der Waals surface area contributed by atoms with Gasteiger partial charge >= 0.3 is 5.97 Å². The molecule has 0 bridgehead atoms.